The summed E-state index contributed by atoms with van der Waals surface area (Å²) in [7, 11) is 0. The first-order valence-corrected chi connectivity index (χ1v) is 4.21. The Balaban J connectivity index is 2.61. The molecule has 0 saturated heterocycles. The van der Waals surface area contributed by atoms with Gasteiger partial charge in [-0.25, -0.2) is 9.97 Å². The molecule has 0 aliphatic carbocycles. The number of anilines is 1. The van der Waals surface area contributed by atoms with Gasteiger partial charge in [0.1, 0.15) is 11.8 Å². The van der Waals surface area contributed by atoms with Crippen LogP contribution in [0.3, 0.4) is 0 Å². The zero-order chi connectivity index (χ0) is 9.10. The molecular formula is C9H10N4. The molecule has 0 aliphatic heterocycles. The maximum absolute atomic E-state index is 4.21. The van der Waals surface area contributed by atoms with Crippen LogP contribution >= 0.6 is 0 Å². The zero-order valence-corrected chi connectivity index (χ0v) is 7.36. The Kier molecular flexibility index (Phi) is 2.04. The SMILES string of the molecule is CCNc1ncnc2cccnc12. The van der Waals surface area contributed by atoms with E-state index in [-0.39, 0.29) is 0 Å². The molecule has 0 saturated carbocycles. The molecule has 66 valence electrons. The van der Waals surface area contributed by atoms with E-state index in [2.05, 4.69) is 20.3 Å². The third-order valence-electron chi connectivity index (χ3n) is 1.74. The molecule has 0 atom stereocenters. The van der Waals surface area contributed by atoms with Crippen molar-refractivity contribution in [2.45, 2.75) is 6.92 Å². The van der Waals surface area contributed by atoms with Crippen LogP contribution in [0.25, 0.3) is 11.0 Å². The number of fused-ring (bicyclic) bond motifs is 1. The van der Waals surface area contributed by atoms with E-state index in [1.807, 2.05) is 19.1 Å². The van der Waals surface area contributed by atoms with E-state index in [4.69, 9.17) is 0 Å². The van der Waals surface area contributed by atoms with Gasteiger partial charge in [0.15, 0.2) is 5.82 Å². The van der Waals surface area contributed by atoms with Gasteiger partial charge in [-0.15, -0.1) is 0 Å². The lowest BCUT2D eigenvalue weighted by molar-refractivity contribution is 1.13. The second-order valence-electron chi connectivity index (χ2n) is 2.62. The second-order valence-corrected chi connectivity index (χ2v) is 2.62. The van der Waals surface area contributed by atoms with Crippen molar-refractivity contribution in [3.63, 3.8) is 0 Å². The van der Waals surface area contributed by atoms with Gasteiger partial charge in [-0.2, -0.15) is 0 Å². The minimum absolute atomic E-state index is 0.799. The summed E-state index contributed by atoms with van der Waals surface area (Å²) in [4.78, 5) is 12.4. The molecular weight excluding hydrogens is 164 g/mol. The molecule has 4 nitrogen and oxygen atoms in total. The molecule has 2 aromatic rings. The number of nitrogens with zero attached hydrogens (tertiary/aromatic N) is 3. The third-order valence-corrected chi connectivity index (χ3v) is 1.74. The van der Waals surface area contributed by atoms with Gasteiger partial charge in [0.25, 0.3) is 0 Å². The molecule has 4 heteroatoms. The molecule has 0 amide bonds. The molecule has 0 spiro atoms. The Morgan fingerprint density at radius 3 is 3.08 bits per heavy atom. The number of hydrogen-bond acceptors (Lipinski definition) is 4. The highest BCUT2D eigenvalue weighted by atomic mass is 15.0. The van der Waals surface area contributed by atoms with Crippen molar-refractivity contribution in [2.24, 2.45) is 0 Å². The molecule has 0 aliphatic rings. The minimum atomic E-state index is 0.799. The van der Waals surface area contributed by atoms with Gasteiger partial charge in [0.2, 0.25) is 0 Å². The molecule has 2 rings (SSSR count). The summed E-state index contributed by atoms with van der Waals surface area (Å²) in [5, 5.41) is 3.14. The summed E-state index contributed by atoms with van der Waals surface area (Å²) >= 11 is 0. The van der Waals surface area contributed by atoms with Crippen molar-refractivity contribution in [3.05, 3.63) is 24.7 Å². The standard InChI is InChI=1S/C9H10N4/c1-2-10-9-8-7(12-6-13-9)4-3-5-11-8/h3-6H,2H2,1H3,(H,10,12,13). The van der Waals surface area contributed by atoms with Gasteiger partial charge in [0.05, 0.1) is 5.52 Å². The lowest BCUT2D eigenvalue weighted by Gasteiger charge is -2.03. The summed E-state index contributed by atoms with van der Waals surface area (Å²) in [6.07, 6.45) is 3.29. The summed E-state index contributed by atoms with van der Waals surface area (Å²) < 4.78 is 0. The number of aromatic nitrogens is 3. The van der Waals surface area contributed by atoms with Gasteiger partial charge >= 0.3 is 0 Å². The van der Waals surface area contributed by atoms with Crippen LogP contribution in [0.4, 0.5) is 5.82 Å². The van der Waals surface area contributed by atoms with Crippen molar-refractivity contribution >= 4 is 16.9 Å². The van der Waals surface area contributed by atoms with Gasteiger partial charge in [-0.05, 0) is 19.1 Å². The van der Waals surface area contributed by atoms with Gasteiger partial charge < -0.3 is 5.32 Å². The van der Waals surface area contributed by atoms with Crippen LogP contribution in [0.5, 0.6) is 0 Å². The van der Waals surface area contributed by atoms with E-state index in [1.165, 1.54) is 0 Å². The fraction of sp³-hybridized carbons (Fsp3) is 0.222. The van der Waals surface area contributed by atoms with Crippen molar-refractivity contribution in [1.82, 2.24) is 15.0 Å². The molecule has 0 bridgehead atoms. The Morgan fingerprint density at radius 2 is 2.23 bits per heavy atom. The Labute approximate surface area is 76.1 Å². The highest BCUT2D eigenvalue weighted by Gasteiger charge is 2.01. The maximum atomic E-state index is 4.21. The van der Waals surface area contributed by atoms with Crippen molar-refractivity contribution in [2.75, 3.05) is 11.9 Å². The van der Waals surface area contributed by atoms with E-state index < -0.39 is 0 Å². The Morgan fingerprint density at radius 1 is 1.31 bits per heavy atom. The van der Waals surface area contributed by atoms with Crippen LogP contribution in [0.2, 0.25) is 0 Å². The van der Waals surface area contributed by atoms with Crippen molar-refractivity contribution in [1.29, 1.82) is 0 Å². The quantitative estimate of drug-likeness (QED) is 0.748. The van der Waals surface area contributed by atoms with E-state index in [0.29, 0.717) is 0 Å². The van der Waals surface area contributed by atoms with Crippen LogP contribution in [-0.2, 0) is 0 Å². The second kappa shape index (κ2) is 3.35. The Hall–Kier alpha value is -1.71. The van der Waals surface area contributed by atoms with Crippen molar-refractivity contribution < 1.29 is 0 Å². The monoisotopic (exact) mass is 174 g/mol. The third kappa shape index (κ3) is 1.42. The average Bonchev–Trinajstić information content (AvgIpc) is 2.19. The lowest BCUT2D eigenvalue weighted by atomic mass is 10.3. The average molecular weight is 174 g/mol. The first-order valence-electron chi connectivity index (χ1n) is 4.21. The van der Waals surface area contributed by atoms with E-state index in [0.717, 1.165) is 23.4 Å². The predicted molar refractivity (Wildman–Crippen MR) is 51.5 cm³/mol. The van der Waals surface area contributed by atoms with Gasteiger partial charge in [-0.3, -0.25) is 4.98 Å². The number of hydrogen-bond donors (Lipinski definition) is 1. The van der Waals surface area contributed by atoms with Crippen molar-refractivity contribution in [3.8, 4) is 0 Å². The summed E-state index contributed by atoms with van der Waals surface area (Å²) in [5.41, 5.74) is 1.69. The molecule has 2 aromatic heterocycles. The van der Waals surface area contributed by atoms with E-state index >= 15 is 0 Å². The van der Waals surface area contributed by atoms with Gasteiger partial charge in [-0.1, -0.05) is 0 Å². The first kappa shape index (κ1) is 7.91. The smallest absolute Gasteiger partial charge is 0.156 e. The molecule has 2 heterocycles. The van der Waals surface area contributed by atoms with Crippen LogP contribution in [0.1, 0.15) is 6.92 Å². The Bertz CT molecular complexity index is 408. The lowest BCUT2D eigenvalue weighted by Crippen LogP contribution is -2.01. The maximum Gasteiger partial charge on any atom is 0.156 e. The fourth-order valence-electron chi connectivity index (χ4n) is 1.19. The number of nitrogens with one attached hydrogen (secondary N) is 1. The topological polar surface area (TPSA) is 50.7 Å². The van der Waals surface area contributed by atoms with E-state index in [9.17, 15) is 0 Å². The first-order chi connectivity index (χ1) is 6.42. The number of pyridine rings is 1. The van der Waals surface area contributed by atoms with Crippen LogP contribution < -0.4 is 5.32 Å². The highest BCUT2D eigenvalue weighted by molar-refractivity contribution is 5.84. The predicted octanol–water partition coefficient (Wildman–Crippen LogP) is 1.46. The normalized spacial score (nSPS) is 10.2. The van der Waals surface area contributed by atoms with Crippen LogP contribution in [0, 0.1) is 0 Å². The van der Waals surface area contributed by atoms with Crippen LogP contribution in [-0.4, -0.2) is 21.5 Å². The number of rotatable bonds is 2. The summed E-state index contributed by atoms with van der Waals surface area (Å²) in [6, 6.07) is 3.79. The zero-order valence-electron chi connectivity index (χ0n) is 7.36. The molecule has 0 aromatic carbocycles. The molecule has 1 N–H and O–H groups in total. The highest BCUT2D eigenvalue weighted by Crippen LogP contribution is 2.14. The van der Waals surface area contributed by atoms with Gasteiger partial charge in [0, 0.05) is 12.7 Å². The summed E-state index contributed by atoms with van der Waals surface area (Å²) in [6.45, 7) is 2.86. The fourth-order valence-corrected chi connectivity index (χ4v) is 1.19. The minimum Gasteiger partial charge on any atom is -0.368 e. The molecule has 13 heavy (non-hydrogen) atoms. The molecule has 0 radical (unpaired) electrons. The molecule has 0 unspecified atom stereocenters. The largest absolute Gasteiger partial charge is 0.368 e. The van der Waals surface area contributed by atoms with E-state index in [1.54, 1.807) is 12.5 Å². The summed E-state index contributed by atoms with van der Waals surface area (Å²) in [5.74, 6) is 0.799. The van der Waals surface area contributed by atoms with Crippen LogP contribution in [0.15, 0.2) is 24.7 Å². The molecule has 0 fully saturated rings.